The Morgan fingerprint density at radius 2 is 1.80 bits per heavy atom. The Labute approximate surface area is 173 Å². The van der Waals surface area contributed by atoms with Crippen LogP contribution in [0.2, 0.25) is 0 Å². The van der Waals surface area contributed by atoms with Crippen molar-refractivity contribution in [1.29, 1.82) is 0 Å². The first-order valence-electron chi connectivity index (χ1n) is 10.4. The number of ether oxygens (including phenoxy) is 3. The van der Waals surface area contributed by atoms with Gasteiger partial charge in [0.25, 0.3) is 0 Å². The van der Waals surface area contributed by atoms with Gasteiger partial charge in [0, 0.05) is 23.4 Å². The van der Waals surface area contributed by atoms with Crippen molar-refractivity contribution in [3.8, 4) is 17.2 Å². The maximum Gasteiger partial charge on any atom is 0.246 e. The maximum absolute atomic E-state index is 13.8. The topological polar surface area (TPSA) is 77.1 Å². The van der Waals surface area contributed by atoms with Crippen LogP contribution in [0.3, 0.4) is 0 Å². The molecular formula is C23H22N2O5. The van der Waals surface area contributed by atoms with Gasteiger partial charge in [-0.15, -0.1) is 0 Å². The molecule has 6 rings (SSSR count). The molecule has 1 atom stereocenters. The summed E-state index contributed by atoms with van der Waals surface area (Å²) in [5.74, 6) is 1.60. The molecule has 1 fully saturated rings. The minimum Gasteiger partial charge on any atom is -0.491 e. The van der Waals surface area contributed by atoms with Crippen LogP contribution in [0.4, 0.5) is 5.69 Å². The van der Waals surface area contributed by atoms with Gasteiger partial charge in [0.05, 0.1) is 0 Å². The summed E-state index contributed by atoms with van der Waals surface area (Å²) in [6.07, 6.45) is 4.30. The molecule has 154 valence electrons. The van der Waals surface area contributed by atoms with E-state index in [1.165, 1.54) is 0 Å². The number of fused-ring (bicyclic) bond motifs is 5. The van der Waals surface area contributed by atoms with Gasteiger partial charge in [-0.3, -0.25) is 9.59 Å². The van der Waals surface area contributed by atoms with Gasteiger partial charge < -0.3 is 24.4 Å². The van der Waals surface area contributed by atoms with Crippen LogP contribution in [0.5, 0.6) is 17.2 Å². The highest BCUT2D eigenvalue weighted by atomic mass is 16.7. The molecule has 2 aromatic rings. The van der Waals surface area contributed by atoms with Crippen molar-refractivity contribution in [2.24, 2.45) is 0 Å². The molecule has 3 heterocycles. The van der Waals surface area contributed by atoms with E-state index in [2.05, 4.69) is 5.32 Å². The summed E-state index contributed by atoms with van der Waals surface area (Å²) >= 11 is 0. The first-order valence-corrected chi connectivity index (χ1v) is 10.4. The molecule has 4 aliphatic rings. The van der Waals surface area contributed by atoms with E-state index in [-0.39, 0.29) is 37.8 Å². The van der Waals surface area contributed by atoms with E-state index in [0.717, 1.165) is 42.5 Å². The zero-order valence-electron chi connectivity index (χ0n) is 16.5. The summed E-state index contributed by atoms with van der Waals surface area (Å²) in [6.45, 7) is 0.360. The number of rotatable bonds is 3. The highest BCUT2D eigenvalue weighted by molar-refractivity contribution is 6.13. The van der Waals surface area contributed by atoms with E-state index in [9.17, 15) is 9.59 Å². The normalized spacial score (nSPS) is 23.6. The number of anilines is 1. The van der Waals surface area contributed by atoms with Crippen molar-refractivity contribution in [1.82, 2.24) is 5.32 Å². The third kappa shape index (κ3) is 2.38. The standard InChI is InChI=1S/C23H22N2O5/c26-21(24-14-5-1-2-6-14)11-25-17-8-4-3-7-15(17)23(22(25)27)12-28-18-10-20-19(9-16(18)23)29-13-30-20/h3-4,7-10,14H,1-2,5-6,11-13H2,(H,24,26). The fourth-order valence-corrected chi connectivity index (χ4v) is 5.21. The fourth-order valence-electron chi connectivity index (χ4n) is 5.21. The van der Waals surface area contributed by atoms with E-state index in [1.807, 2.05) is 30.3 Å². The third-order valence-electron chi connectivity index (χ3n) is 6.67. The molecule has 3 aliphatic heterocycles. The Hall–Kier alpha value is -3.22. The zero-order chi connectivity index (χ0) is 20.3. The molecule has 2 aromatic carbocycles. The summed E-state index contributed by atoms with van der Waals surface area (Å²) < 4.78 is 17.0. The number of hydrogen-bond acceptors (Lipinski definition) is 5. The van der Waals surface area contributed by atoms with Crippen molar-refractivity contribution in [3.63, 3.8) is 0 Å². The lowest BCUT2D eigenvalue weighted by Gasteiger charge is -2.23. The molecule has 1 N–H and O–H groups in total. The Morgan fingerprint density at radius 1 is 1.03 bits per heavy atom. The number of nitrogens with zero attached hydrogens (tertiary/aromatic N) is 1. The van der Waals surface area contributed by atoms with Crippen molar-refractivity contribution in [3.05, 3.63) is 47.5 Å². The highest BCUT2D eigenvalue weighted by Gasteiger charge is 2.57. The van der Waals surface area contributed by atoms with E-state index in [1.54, 1.807) is 11.0 Å². The van der Waals surface area contributed by atoms with Crippen LogP contribution in [0.1, 0.15) is 36.8 Å². The summed E-state index contributed by atoms with van der Waals surface area (Å²) in [4.78, 5) is 28.2. The average Bonchev–Trinajstić information content (AvgIpc) is 3.52. The number of carbonyl (C=O) groups excluding carboxylic acids is 2. The molecule has 7 heteroatoms. The first-order chi connectivity index (χ1) is 14.7. The van der Waals surface area contributed by atoms with Crippen molar-refractivity contribution in [2.75, 3.05) is 24.8 Å². The second-order valence-corrected chi connectivity index (χ2v) is 8.35. The van der Waals surface area contributed by atoms with Gasteiger partial charge in [-0.2, -0.15) is 0 Å². The van der Waals surface area contributed by atoms with Crippen LogP contribution in [0.25, 0.3) is 0 Å². The van der Waals surface area contributed by atoms with Gasteiger partial charge in [0.1, 0.15) is 24.3 Å². The number of amides is 2. The van der Waals surface area contributed by atoms with Gasteiger partial charge >= 0.3 is 0 Å². The minimum absolute atomic E-state index is 0.00792. The predicted molar refractivity (Wildman–Crippen MR) is 108 cm³/mol. The number of para-hydroxylation sites is 1. The largest absolute Gasteiger partial charge is 0.491 e. The van der Waals surface area contributed by atoms with E-state index in [4.69, 9.17) is 14.2 Å². The van der Waals surface area contributed by atoms with Gasteiger partial charge in [0.2, 0.25) is 18.6 Å². The van der Waals surface area contributed by atoms with Crippen LogP contribution < -0.4 is 24.4 Å². The lowest BCUT2D eigenvalue weighted by atomic mass is 9.77. The SMILES string of the molecule is O=C(CN1C(=O)C2(COc3cc4c(cc32)OCO4)c2ccccc21)NC1CCCC1. The number of hydrogen-bond donors (Lipinski definition) is 1. The molecule has 0 saturated heterocycles. The second-order valence-electron chi connectivity index (χ2n) is 8.35. The molecule has 1 spiro atoms. The lowest BCUT2D eigenvalue weighted by molar-refractivity contribution is -0.125. The minimum atomic E-state index is -0.972. The Balaban J connectivity index is 1.38. The molecule has 1 aliphatic carbocycles. The van der Waals surface area contributed by atoms with Crippen molar-refractivity contribution < 1.29 is 23.8 Å². The molecule has 0 bridgehead atoms. The fraction of sp³-hybridized carbons (Fsp3) is 0.391. The average molecular weight is 406 g/mol. The van der Waals surface area contributed by atoms with Crippen molar-refractivity contribution in [2.45, 2.75) is 37.1 Å². The first kappa shape index (κ1) is 17.6. The van der Waals surface area contributed by atoms with Crippen LogP contribution in [-0.4, -0.2) is 37.8 Å². The van der Waals surface area contributed by atoms with Gasteiger partial charge in [-0.1, -0.05) is 31.0 Å². The van der Waals surface area contributed by atoms with Crippen LogP contribution >= 0.6 is 0 Å². The smallest absolute Gasteiger partial charge is 0.246 e. The predicted octanol–water partition coefficient (Wildman–Crippen LogP) is 2.50. The van der Waals surface area contributed by atoms with Gasteiger partial charge in [0.15, 0.2) is 11.5 Å². The van der Waals surface area contributed by atoms with E-state index in [0.29, 0.717) is 17.2 Å². The molecular weight excluding hydrogens is 384 g/mol. The van der Waals surface area contributed by atoms with Crippen LogP contribution in [0, 0.1) is 0 Å². The molecule has 1 unspecified atom stereocenters. The Kier molecular flexibility index (Phi) is 3.75. The number of nitrogens with one attached hydrogen (secondary N) is 1. The quantitative estimate of drug-likeness (QED) is 0.848. The Bertz CT molecular complexity index is 1060. The zero-order valence-corrected chi connectivity index (χ0v) is 16.5. The highest BCUT2D eigenvalue weighted by Crippen LogP contribution is 2.54. The lowest BCUT2D eigenvalue weighted by Crippen LogP contribution is -2.47. The van der Waals surface area contributed by atoms with Crippen LogP contribution in [-0.2, 0) is 15.0 Å². The third-order valence-corrected chi connectivity index (χ3v) is 6.67. The number of benzene rings is 2. The van der Waals surface area contributed by atoms with E-state index < -0.39 is 5.41 Å². The van der Waals surface area contributed by atoms with Crippen LogP contribution in [0.15, 0.2) is 36.4 Å². The van der Waals surface area contributed by atoms with E-state index >= 15 is 0 Å². The van der Waals surface area contributed by atoms with Gasteiger partial charge in [-0.25, -0.2) is 0 Å². The summed E-state index contributed by atoms with van der Waals surface area (Å²) in [6, 6.07) is 11.5. The molecule has 7 nitrogen and oxygen atoms in total. The monoisotopic (exact) mass is 406 g/mol. The van der Waals surface area contributed by atoms with Gasteiger partial charge in [-0.05, 0) is 30.5 Å². The molecule has 30 heavy (non-hydrogen) atoms. The molecule has 0 aromatic heterocycles. The molecule has 2 amide bonds. The number of carbonyl (C=O) groups is 2. The molecule has 1 saturated carbocycles. The molecule has 0 radical (unpaired) electrons. The maximum atomic E-state index is 13.8. The second kappa shape index (κ2) is 6.39. The summed E-state index contributed by atoms with van der Waals surface area (Å²) in [5, 5.41) is 3.09. The van der Waals surface area contributed by atoms with Crippen molar-refractivity contribution >= 4 is 17.5 Å². The Morgan fingerprint density at radius 3 is 2.63 bits per heavy atom. The summed E-state index contributed by atoms with van der Waals surface area (Å²) in [5.41, 5.74) is 1.42. The summed E-state index contributed by atoms with van der Waals surface area (Å²) in [7, 11) is 0.